The fourth-order valence-corrected chi connectivity index (χ4v) is 3.91. The summed E-state index contributed by atoms with van der Waals surface area (Å²) in [4.78, 5) is 26.3. The third-order valence-corrected chi connectivity index (χ3v) is 5.50. The van der Waals surface area contributed by atoms with E-state index >= 15 is 0 Å². The summed E-state index contributed by atoms with van der Waals surface area (Å²) in [6, 6.07) is -0.00670. The molecule has 0 saturated carbocycles. The van der Waals surface area contributed by atoms with Gasteiger partial charge >= 0.3 is 0 Å². The van der Waals surface area contributed by atoms with Crippen molar-refractivity contribution < 1.29 is 9.59 Å². The van der Waals surface area contributed by atoms with Crippen molar-refractivity contribution >= 4 is 23.6 Å². The zero-order valence-electron chi connectivity index (χ0n) is 14.3. The molecule has 2 amide bonds. The number of hydrogen-bond acceptors (Lipinski definition) is 4. The third-order valence-electron chi connectivity index (χ3n) is 4.80. The lowest BCUT2D eigenvalue weighted by Crippen LogP contribution is -2.46. The van der Waals surface area contributed by atoms with Crippen LogP contribution in [0.25, 0.3) is 0 Å². The molecule has 2 aliphatic rings. The molecule has 0 aromatic heterocycles. The Labute approximate surface area is 144 Å². The lowest BCUT2D eigenvalue weighted by molar-refractivity contribution is -0.133. The monoisotopic (exact) mass is 341 g/mol. The molecule has 2 heterocycles. The average molecular weight is 342 g/mol. The van der Waals surface area contributed by atoms with E-state index in [2.05, 4.69) is 16.9 Å². The smallest absolute Gasteiger partial charge is 0.237 e. The van der Waals surface area contributed by atoms with E-state index in [1.54, 1.807) is 0 Å². The maximum atomic E-state index is 12.3. The quantitative estimate of drug-likeness (QED) is 0.659. The molecule has 2 N–H and O–H groups in total. The Balaban J connectivity index is 1.66. The topological polar surface area (TPSA) is 61.4 Å². The Bertz CT molecular complexity index is 386. The molecule has 2 fully saturated rings. The molecular formula is C17H31N3O2S. The molecule has 6 heteroatoms. The van der Waals surface area contributed by atoms with E-state index in [9.17, 15) is 9.59 Å². The molecule has 0 spiro atoms. The largest absolute Gasteiger partial charge is 0.354 e. The molecule has 5 nitrogen and oxygen atoms in total. The summed E-state index contributed by atoms with van der Waals surface area (Å²) in [6.07, 6.45) is 9.07. The van der Waals surface area contributed by atoms with Gasteiger partial charge in [-0.15, -0.1) is 0 Å². The van der Waals surface area contributed by atoms with Gasteiger partial charge in [0.05, 0.1) is 6.04 Å². The fraction of sp³-hybridized carbons (Fsp3) is 0.882. The molecular weight excluding hydrogens is 310 g/mol. The fourth-order valence-electron chi connectivity index (χ4n) is 3.42. The molecule has 2 rings (SSSR count). The molecule has 2 unspecified atom stereocenters. The first-order valence-corrected chi connectivity index (χ1v) is 10.4. The van der Waals surface area contributed by atoms with Crippen molar-refractivity contribution in [1.29, 1.82) is 0 Å². The van der Waals surface area contributed by atoms with Gasteiger partial charge in [-0.25, -0.2) is 0 Å². The number of amides is 2. The minimum Gasteiger partial charge on any atom is -0.354 e. The minimum absolute atomic E-state index is 0.00670. The van der Waals surface area contributed by atoms with Crippen LogP contribution in [0.3, 0.4) is 0 Å². The summed E-state index contributed by atoms with van der Waals surface area (Å²) < 4.78 is 0. The number of nitrogens with one attached hydrogen (secondary N) is 2. The SMILES string of the molecule is CSCCCCC(=O)N1CCCC(CNC(=O)C2CCCN2)C1. The van der Waals surface area contributed by atoms with E-state index < -0.39 is 0 Å². The molecule has 0 aliphatic carbocycles. The third kappa shape index (κ3) is 6.34. The van der Waals surface area contributed by atoms with E-state index in [0.29, 0.717) is 24.8 Å². The number of carbonyl (C=O) groups excluding carboxylic acids is 2. The molecule has 132 valence electrons. The highest BCUT2D eigenvalue weighted by atomic mass is 32.2. The maximum Gasteiger partial charge on any atom is 0.237 e. The molecule has 0 aromatic carbocycles. The van der Waals surface area contributed by atoms with Gasteiger partial charge in [0.2, 0.25) is 11.8 Å². The molecule has 2 saturated heterocycles. The summed E-state index contributed by atoms with van der Waals surface area (Å²) in [6.45, 7) is 3.34. The van der Waals surface area contributed by atoms with Gasteiger partial charge in [0.25, 0.3) is 0 Å². The molecule has 2 aliphatic heterocycles. The Morgan fingerprint density at radius 1 is 1.26 bits per heavy atom. The minimum atomic E-state index is -0.00670. The summed E-state index contributed by atoms with van der Waals surface area (Å²) >= 11 is 1.84. The van der Waals surface area contributed by atoms with Crippen LogP contribution in [0, 0.1) is 5.92 Å². The first-order valence-electron chi connectivity index (χ1n) is 8.98. The van der Waals surface area contributed by atoms with Crippen LogP contribution < -0.4 is 10.6 Å². The van der Waals surface area contributed by atoms with Gasteiger partial charge < -0.3 is 15.5 Å². The first-order chi connectivity index (χ1) is 11.2. The summed E-state index contributed by atoms with van der Waals surface area (Å²) in [5.74, 6) is 1.96. The summed E-state index contributed by atoms with van der Waals surface area (Å²) in [5, 5.41) is 6.30. The van der Waals surface area contributed by atoms with Gasteiger partial charge in [0, 0.05) is 26.1 Å². The van der Waals surface area contributed by atoms with Gasteiger partial charge in [0.1, 0.15) is 0 Å². The second-order valence-corrected chi connectivity index (χ2v) is 7.68. The van der Waals surface area contributed by atoms with Crippen LogP contribution >= 0.6 is 11.8 Å². The van der Waals surface area contributed by atoms with Gasteiger partial charge in [0.15, 0.2) is 0 Å². The predicted octanol–water partition coefficient (Wildman–Crippen LogP) is 1.63. The number of nitrogens with zero attached hydrogens (tertiary/aromatic N) is 1. The number of piperidine rings is 1. The van der Waals surface area contributed by atoms with Crippen molar-refractivity contribution in [3.63, 3.8) is 0 Å². The number of rotatable bonds is 8. The highest BCUT2D eigenvalue weighted by Crippen LogP contribution is 2.17. The maximum absolute atomic E-state index is 12.3. The van der Waals surface area contributed by atoms with Gasteiger partial charge in [-0.3, -0.25) is 9.59 Å². The van der Waals surface area contributed by atoms with Crippen molar-refractivity contribution in [1.82, 2.24) is 15.5 Å². The Morgan fingerprint density at radius 2 is 2.13 bits per heavy atom. The van der Waals surface area contributed by atoms with Crippen LogP contribution in [0.1, 0.15) is 44.9 Å². The summed E-state index contributed by atoms with van der Waals surface area (Å²) in [7, 11) is 0. The summed E-state index contributed by atoms with van der Waals surface area (Å²) in [5.41, 5.74) is 0. The van der Waals surface area contributed by atoms with Crippen molar-refractivity contribution in [2.24, 2.45) is 5.92 Å². The molecule has 2 atom stereocenters. The van der Waals surface area contributed by atoms with E-state index in [1.807, 2.05) is 16.7 Å². The molecule has 0 aromatic rings. The normalized spacial score (nSPS) is 24.7. The van der Waals surface area contributed by atoms with E-state index in [-0.39, 0.29) is 11.9 Å². The van der Waals surface area contributed by atoms with Crippen molar-refractivity contribution in [3.8, 4) is 0 Å². The molecule has 23 heavy (non-hydrogen) atoms. The van der Waals surface area contributed by atoms with Gasteiger partial charge in [-0.05, 0) is 63.0 Å². The lowest BCUT2D eigenvalue weighted by Gasteiger charge is -2.33. The Hall–Kier alpha value is -0.750. The number of hydrogen-bond donors (Lipinski definition) is 2. The first kappa shape index (κ1) is 18.6. The van der Waals surface area contributed by atoms with Crippen molar-refractivity contribution in [3.05, 3.63) is 0 Å². The van der Waals surface area contributed by atoms with Crippen LogP contribution in [-0.2, 0) is 9.59 Å². The zero-order chi connectivity index (χ0) is 16.5. The highest BCUT2D eigenvalue weighted by molar-refractivity contribution is 7.98. The van der Waals surface area contributed by atoms with Gasteiger partial charge in [-0.2, -0.15) is 11.8 Å². The van der Waals surface area contributed by atoms with Crippen molar-refractivity contribution in [2.75, 3.05) is 38.2 Å². The standard InChI is InChI=1S/C17H31N3O2S/c1-23-11-3-2-8-16(21)20-10-5-6-14(13-20)12-19-17(22)15-7-4-9-18-15/h14-15,18H,2-13H2,1H3,(H,19,22). The second kappa shape index (κ2) is 10.2. The van der Waals surface area contributed by atoms with E-state index in [4.69, 9.17) is 0 Å². The Kier molecular flexibility index (Phi) is 8.23. The second-order valence-electron chi connectivity index (χ2n) is 6.69. The predicted molar refractivity (Wildman–Crippen MR) is 95.6 cm³/mol. The zero-order valence-corrected chi connectivity index (χ0v) is 15.1. The highest BCUT2D eigenvalue weighted by Gasteiger charge is 2.26. The van der Waals surface area contributed by atoms with Crippen LogP contribution in [-0.4, -0.2) is 60.9 Å². The van der Waals surface area contributed by atoms with Crippen LogP contribution in [0.5, 0.6) is 0 Å². The molecule has 0 radical (unpaired) electrons. The number of thioether (sulfide) groups is 1. The lowest BCUT2D eigenvalue weighted by atomic mass is 9.97. The number of carbonyl (C=O) groups is 2. The van der Waals surface area contributed by atoms with Crippen LogP contribution in [0.2, 0.25) is 0 Å². The number of likely N-dealkylation sites (tertiary alicyclic amines) is 1. The van der Waals surface area contributed by atoms with Crippen LogP contribution in [0.15, 0.2) is 0 Å². The average Bonchev–Trinajstić information content (AvgIpc) is 3.11. The van der Waals surface area contributed by atoms with Crippen LogP contribution in [0.4, 0.5) is 0 Å². The van der Waals surface area contributed by atoms with Crippen molar-refractivity contribution in [2.45, 2.75) is 51.0 Å². The Morgan fingerprint density at radius 3 is 2.87 bits per heavy atom. The van der Waals surface area contributed by atoms with Gasteiger partial charge in [-0.1, -0.05) is 0 Å². The number of unbranched alkanes of at least 4 members (excludes halogenated alkanes) is 1. The van der Waals surface area contributed by atoms with E-state index in [0.717, 1.165) is 63.9 Å². The van der Waals surface area contributed by atoms with E-state index in [1.165, 1.54) is 0 Å². The molecule has 0 bridgehead atoms.